The third-order valence-corrected chi connectivity index (χ3v) is 6.11. The first-order valence-electron chi connectivity index (χ1n) is 12.3. The van der Waals surface area contributed by atoms with E-state index >= 15 is 0 Å². The highest BCUT2D eigenvalue weighted by molar-refractivity contribution is 5.39. The number of halogens is 3. The van der Waals surface area contributed by atoms with Gasteiger partial charge in [0.05, 0.1) is 17.3 Å². The number of hydrogen-bond donors (Lipinski definition) is 0. The van der Waals surface area contributed by atoms with Crippen LogP contribution in [0.25, 0.3) is 0 Å². The Hall–Kier alpha value is -1.78. The second kappa shape index (κ2) is 13.7. The standard InChI is InChI=1S/C15H15F3N2.C8H18.C4H10/c1-9-7-10(2)20(19-9)14-6-4-11-3-5-12(8-13(11)14)15(16,17)18;1-4-6-7-8(3)5-2;1-3-4-2/h3,5,7-8,14H,4,6H2,1-2H3;8H,4-7H2,1-3H3;3-4H2,1-2H3. The van der Waals surface area contributed by atoms with Crippen molar-refractivity contribution in [2.45, 2.75) is 112 Å². The first kappa shape index (κ1) is 28.3. The molecule has 1 aliphatic rings. The Bertz CT molecular complexity index is 791. The van der Waals surface area contributed by atoms with Gasteiger partial charge in [0.15, 0.2) is 0 Å². The molecule has 0 fully saturated rings. The molecular weight excluding hydrogens is 409 g/mol. The Morgan fingerprint density at radius 1 is 1.03 bits per heavy atom. The molecule has 2 aromatic rings. The summed E-state index contributed by atoms with van der Waals surface area (Å²) < 4.78 is 40.4. The van der Waals surface area contributed by atoms with E-state index < -0.39 is 11.7 Å². The monoisotopic (exact) mass is 452 g/mol. The molecule has 32 heavy (non-hydrogen) atoms. The maximum absolute atomic E-state index is 12.8. The van der Waals surface area contributed by atoms with Crippen molar-refractivity contribution >= 4 is 0 Å². The van der Waals surface area contributed by atoms with Crippen molar-refractivity contribution < 1.29 is 13.2 Å². The average molecular weight is 453 g/mol. The smallest absolute Gasteiger partial charge is 0.262 e. The number of alkyl halides is 3. The van der Waals surface area contributed by atoms with Crippen molar-refractivity contribution in [1.29, 1.82) is 0 Å². The Morgan fingerprint density at radius 2 is 1.69 bits per heavy atom. The van der Waals surface area contributed by atoms with Crippen molar-refractivity contribution in [3.05, 3.63) is 52.3 Å². The van der Waals surface area contributed by atoms with Gasteiger partial charge in [-0.25, -0.2) is 0 Å². The summed E-state index contributed by atoms with van der Waals surface area (Å²) in [6.07, 6.45) is 5.48. The summed E-state index contributed by atoms with van der Waals surface area (Å²) in [4.78, 5) is 0. The molecule has 0 radical (unpaired) electrons. The van der Waals surface area contributed by atoms with E-state index in [4.69, 9.17) is 0 Å². The van der Waals surface area contributed by atoms with Crippen molar-refractivity contribution in [2.24, 2.45) is 5.92 Å². The van der Waals surface area contributed by atoms with Gasteiger partial charge in [0.25, 0.3) is 0 Å². The van der Waals surface area contributed by atoms with Crippen molar-refractivity contribution in [2.75, 3.05) is 0 Å². The van der Waals surface area contributed by atoms with Crippen LogP contribution in [0.2, 0.25) is 0 Å². The second-order valence-electron chi connectivity index (χ2n) is 8.99. The molecule has 2 atom stereocenters. The molecule has 0 aliphatic heterocycles. The van der Waals surface area contributed by atoms with Gasteiger partial charge >= 0.3 is 6.18 Å². The van der Waals surface area contributed by atoms with E-state index in [9.17, 15) is 13.2 Å². The van der Waals surface area contributed by atoms with Crippen LogP contribution in [-0.4, -0.2) is 9.78 Å². The lowest BCUT2D eigenvalue weighted by Gasteiger charge is -2.16. The van der Waals surface area contributed by atoms with Gasteiger partial charge in [0.1, 0.15) is 0 Å². The third kappa shape index (κ3) is 8.63. The lowest BCUT2D eigenvalue weighted by Crippen LogP contribution is -2.12. The Kier molecular flexibility index (Phi) is 12.1. The van der Waals surface area contributed by atoms with Gasteiger partial charge in [0, 0.05) is 5.69 Å². The van der Waals surface area contributed by atoms with E-state index in [2.05, 4.69) is 39.7 Å². The van der Waals surface area contributed by atoms with Crippen LogP contribution in [0.1, 0.15) is 114 Å². The number of hydrogen-bond acceptors (Lipinski definition) is 1. The van der Waals surface area contributed by atoms with Crippen molar-refractivity contribution in [1.82, 2.24) is 9.78 Å². The van der Waals surface area contributed by atoms with Crippen molar-refractivity contribution in [3.8, 4) is 0 Å². The highest BCUT2D eigenvalue weighted by atomic mass is 19.4. The molecule has 2 unspecified atom stereocenters. The number of aryl methyl sites for hydroxylation is 3. The molecule has 0 saturated carbocycles. The Morgan fingerprint density at radius 3 is 2.16 bits per heavy atom. The molecule has 1 aromatic heterocycles. The minimum absolute atomic E-state index is 0.0824. The van der Waals surface area contributed by atoms with Crippen LogP contribution >= 0.6 is 0 Å². The summed E-state index contributed by atoms with van der Waals surface area (Å²) in [5, 5.41) is 4.42. The van der Waals surface area contributed by atoms with Gasteiger partial charge in [-0.1, -0.05) is 79.2 Å². The highest BCUT2D eigenvalue weighted by Gasteiger charge is 2.34. The summed E-state index contributed by atoms with van der Waals surface area (Å²) in [5.74, 6) is 0.954. The van der Waals surface area contributed by atoms with Gasteiger partial charge in [-0.15, -0.1) is 0 Å². The van der Waals surface area contributed by atoms with Gasteiger partial charge < -0.3 is 0 Å². The summed E-state index contributed by atoms with van der Waals surface area (Å²) in [7, 11) is 0. The molecular formula is C27H43F3N2. The summed E-state index contributed by atoms with van der Waals surface area (Å²) in [5.41, 5.74) is 3.05. The quantitative estimate of drug-likeness (QED) is 0.427. The van der Waals surface area contributed by atoms with Crippen LogP contribution < -0.4 is 0 Å². The first-order chi connectivity index (χ1) is 15.1. The molecule has 0 saturated heterocycles. The maximum Gasteiger partial charge on any atom is 0.416 e. The van der Waals surface area contributed by atoms with Gasteiger partial charge in [-0.05, 0) is 61.9 Å². The van der Waals surface area contributed by atoms with E-state index in [-0.39, 0.29) is 6.04 Å². The number of rotatable bonds is 6. The Labute approximate surface area is 193 Å². The molecule has 1 aromatic carbocycles. The molecule has 2 nitrogen and oxygen atoms in total. The molecule has 0 spiro atoms. The third-order valence-electron chi connectivity index (χ3n) is 6.11. The molecule has 1 aliphatic carbocycles. The predicted molar refractivity (Wildman–Crippen MR) is 129 cm³/mol. The van der Waals surface area contributed by atoms with Crippen LogP contribution in [0.15, 0.2) is 24.3 Å². The van der Waals surface area contributed by atoms with E-state index in [1.807, 2.05) is 24.6 Å². The SMILES string of the molecule is CCCC.CCCCC(C)CC.Cc1cc(C)n(C2CCc3ccc(C(F)(F)F)cc32)n1. The highest BCUT2D eigenvalue weighted by Crippen LogP contribution is 2.39. The van der Waals surface area contributed by atoms with E-state index in [0.717, 1.165) is 41.3 Å². The van der Waals surface area contributed by atoms with Gasteiger partial charge in [-0.2, -0.15) is 18.3 Å². The minimum Gasteiger partial charge on any atom is -0.262 e. The summed E-state index contributed by atoms with van der Waals surface area (Å²) >= 11 is 0. The zero-order valence-corrected chi connectivity index (χ0v) is 21.1. The second-order valence-corrected chi connectivity index (χ2v) is 8.99. The van der Waals surface area contributed by atoms with E-state index in [0.29, 0.717) is 0 Å². The molecule has 1 heterocycles. The molecule has 0 N–H and O–H groups in total. The van der Waals surface area contributed by atoms with Crippen molar-refractivity contribution in [3.63, 3.8) is 0 Å². The zero-order chi connectivity index (χ0) is 24.3. The number of unbranched alkanes of at least 4 members (excludes halogenated alkanes) is 2. The van der Waals surface area contributed by atoms with Crippen LogP contribution in [0, 0.1) is 19.8 Å². The predicted octanol–water partition coefficient (Wildman–Crippen LogP) is 9.08. The van der Waals surface area contributed by atoms with E-state index in [1.54, 1.807) is 6.07 Å². The molecule has 182 valence electrons. The van der Waals surface area contributed by atoms with Crippen LogP contribution in [0.4, 0.5) is 13.2 Å². The Balaban J connectivity index is 0.000000357. The van der Waals surface area contributed by atoms with Crippen LogP contribution in [0.5, 0.6) is 0 Å². The number of benzene rings is 1. The van der Waals surface area contributed by atoms with Crippen LogP contribution in [-0.2, 0) is 12.6 Å². The maximum atomic E-state index is 12.8. The topological polar surface area (TPSA) is 17.8 Å². The zero-order valence-electron chi connectivity index (χ0n) is 21.1. The van der Waals surface area contributed by atoms with Gasteiger partial charge in [-0.3, -0.25) is 4.68 Å². The molecule has 5 heteroatoms. The normalized spacial score (nSPS) is 15.9. The summed E-state index contributed by atoms with van der Waals surface area (Å²) in [6.45, 7) is 15.0. The first-order valence-corrected chi connectivity index (χ1v) is 12.3. The number of aromatic nitrogens is 2. The minimum atomic E-state index is -4.29. The van der Waals surface area contributed by atoms with Gasteiger partial charge in [0.2, 0.25) is 0 Å². The molecule has 0 bridgehead atoms. The number of nitrogens with zero attached hydrogens (tertiary/aromatic N) is 2. The molecule has 0 amide bonds. The van der Waals surface area contributed by atoms with E-state index in [1.165, 1.54) is 50.7 Å². The van der Waals surface area contributed by atoms with Crippen LogP contribution in [0.3, 0.4) is 0 Å². The fourth-order valence-corrected chi connectivity index (χ4v) is 3.73. The lowest BCUT2D eigenvalue weighted by molar-refractivity contribution is -0.137. The number of fused-ring (bicyclic) bond motifs is 1. The summed E-state index contributed by atoms with van der Waals surface area (Å²) in [6, 6.07) is 5.92. The fraction of sp³-hybridized carbons (Fsp3) is 0.667. The lowest BCUT2D eigenvalue weighted by atomic mass is 10.0. The molecule has 3 rings (SSSR count). The largest absolute Gasteiger partial charge is 0.416 e. The fourth-order valence-electron chi connectivity index (χ4n) is 3.73. The average Bonchev–Trinajstić information content (AvgIpc) is 3.33.